The Bertz CT molecular complexity index is 846. The van der Waals surface area contributed by atoms with Gasteiger partial charge in [-0.15, -0.1) is 11.3 Å². The van der Waals surface area contributed by atoms with Gasteiger partial charge in [-0.25, -0.2) is 9.78 Å². The molecule has 0 saturated heterocycles. The minimum atomic E-state index is -0.748. The number of fused-ring (bicyclic) bond motifs is 1. The van der Waals surface area contributed by atoms with Crippen LogP contribution in [0.2, 0.25) is 0 Å². The third kappa shape index (κ3) is 3.44. The maximum absolute atomic E-state index is 12.8. The molecule has 6 nitrogen and oxygen atoms in total. The largest absolute Gasteiger partial charge is 0.479 e. The molecular formula is C19H22N2O4S. The highest BCUT2D eigenvalue weighted by molar-refractivity contribution is 7.09. The number of hydrogen-bond acceptors (Lipinski definition) is 6. The van der Waals surface area contributed by atoms with Crippen LogP contribution in [0.25, 0.3) is 11.3 Å². The molecule has 0 bridgehead atoms. The van der Waals surface area contributed by atoms with E-state index < -0.39 is 18.1 Å². The summed E-state index contributed by atoms with van der Waals surface area (Å²) >= 11 is 1.56. The number of aryl methyl sites for hydroxylation is 1. The molecule has 3 rings (SSSR count). The van der Waals surface area contributed by atoms with Crippen LogP contribution in [0.4, 0.5) is 5.69 Å². The smallest absolute Gasteiger partial charge is 0.329 e. The SMILES string of the molecule is Cc1nc(-c2ccc3c(c2)N(C(C)C(=O)OC(C)C)C(=O)C(C)O3)cs1. The van der Waals surface area contributed by atoms with Gasteiger partial charge in [-0.3, -0.25) is 9.69 Å². The zero-order valence-corrected chi connectivity index (χ0v) is 16.3. The van der Waals surface area contributed by atoms with Gasteiger partial charge in [0.15, 0.2) is 6.10 Å². The van der Waals surface area contributed by atoms with Crippen molar-refractivity contribution in [3.05, 3.63) is 28.6 Å². The zero-order valence-electron chi connectivity index (χ0n) is 15.5. The molecule has 1 aliphatic rings. The third-order valence-corrected chi connectivity index (χ3v) is 4.88. The van der Waals surface area contributed by atoms with Gasteiger partial charge in [-0.1, -0.05) is 0 Å². The number of aromatic nitrogens is 1. The topological polar surface area (TPSA) is 68.7 Å². The average Bonchev–Trinajstić information content (AvgIpc) is 3.01. The number of anilines is 1. The van der Waals surface area contributed by atoms with E-state index in [0.717, 1.165) is 16.3 Å². The molecule has 0 aliphatic carbocycles. The van der Waals surface area contributed by atoms with Gasteiger partial charge in [-0.2, -0.15) is 0 Å². The normalized spacial score (nSPS) is 17.7. The highest BCUT2D eigenvalue weighted by Crippen LogP contribution is 2.39. The number of carbonyl (C=O) groups excluding carboxylic acids is 2. The van der Waals surface area contributed by atoms with Crippen molar-refractivity contribution in [2.75, 3.05) is 4.90 Å². The van der Waals surface area contributed by atoms with Crippen LogP contribution in [0.15, 0.2) is 23.6 Å². The van der Waals surface area contributed by atoms with Gasteiger partial charge in [0, 0.05) is 10.9 Å². The number of amides is 1. The molecule has 0 radical (unpaired) electrons. The molecule has 2 aromatic rings. The highest BCUT2D eigenvalue weighted by Gasteiger charge is 2.38. The third-order valence-electron chi connectivity index (χ3n) is 4.10. The van der Waals surface area contributed by atoms with Gasteiger partial charge in [0.1, 0.15) is 11.8 Å². The van der Waals surface area contributed by atoms with Crippen LogP contribution < -0.4 is 9.64 Å². The molecule has 0 N–H and O–H groups in total. The molecule has 1 aliphatic heterocycles. The van der Waals surface area contributed by atoms with E-state index >= 15 is 0 Å². The lowest BCUT2D eigenvalue weighted by Crippen LogP contribution is -2.52. The van der Waals surface area contributed by atoms with Gasteiger partial charge >= 0.3 is 5.97 Å². The van der Waals surface area contributed by atoms with E-state index in [9.17, 15) is 9.59 Å². The fourth-order valence-electron chi connectivity index (χ4n) is 2.85. The fourth-order valence-corrected chi connectivity index (χ4v) is 3.47. The standard InChI is InChI=1S/C19H22N2O4S/c1-10(2)24-19(23)11(3)21-16-8-14(15-9-26-13(5)20-15)6-7-17(16)25-12(4)18(21)22/h6-12H,1-5H3. The Morgan fingerprint density at radius 2 is 2.08 bits per heavy atom. The van der Waals surface area contributed by atoms with Crippen molar-refractivity contribution in [3.63, 3.8) is 0 Å². The van der Waals surface area contributed by atoms with Crippen LogP contribution in [0, 0.1) is 6.92 Å². The molecular weight excluding hydrogens is 352 g/mol. The van der Waals surface area contributed by atoms with Crippen LogP contribution in [0.3, 0.4) is 0 Å². The Hall–Kier alpha value is -2.41. The summed E-state index contributed by atoms with van der Waals surface area (Å²) in [5, 5.41) is 2.93. The number of thiazole rings is 1. The van der Waals surface area contributed by atoms with Crippen LogP contribution >= 0.6 is 11.3 Å². The quantitative estimate of drug-likeness (QED) is 0.765. The molecule has 2 atom stereocenters. The molecule has 7 heteroatoms. The van der Waals surface area contributed by atoms with Crippen molar-refractivity contribution in [3.8, 4) is 17.0 Å². The molecule has 2 heterocycles. The summed E-state index contributed by atoms with van der Waals surface area (Å²) in [7, 11) is 0. The zero-order chi connectivity index (χ0) is 19.0. The first-order valence-corrected chi connectivity index (χ1v) is 9.42. The number of carbonyl (C=O) groups is 2. The molecule has 1 amide bonds. The number of benzene rings is 1. The second kappa shape index (κ2) is 7.07. The molecule has 138 valence electrons. The molecule has 0 spiro atoms. The second-order valence-corrected chi connectivity index (χ2v) is 7.63. The van der Waals surface area contributed by atoms with Gasteiger partial charge in [0.05, 0.1) is 22.5 Å². The lowest BCUT2D eigenvalue weighted by molar-refractivity contribution is -0.150. The van der Waals surface area contributed by atoms with Crippen LogP contribution in [-0.2, 0) is 14.3 Å². The maximum Gasteiger partial charge on any atom is 0.329 e. The molecule has 2 unspecified atom stereocenters. The molecule has 1 aromatic carbocycles. The number of ether oxygens (including phenoxy) is 2. The Morgan fingerprint density at radius 3 is 2.69 bits per heavy atom. The minimum absolute atomic E-state index is 0.248. The summed E-state index contributed by atoms with van der Waals surface area (Å²) in [6, 6.07) is 4.82. The van der Waals surface area contributed by atoms with Crippen molar-refractivity contribution in [2.45, 2.75) is 52.9 Å². The number of esters is 1. The first-order valence-electron chi connectivity index (χ1n) is 8.54. The van der Waals surface area contributed by atoms with Gasteiger partial charge in [-0.05, 0) is 52.8 Å². The fraction of sp³-hybridized carbons (Fsp3) is 0.421. The Balaban J connectivity index is 2.03. The van der Waals surface area contributed by atoms with E-state index in [1.165, 1.54) is 4.90 Å². The first-order chi connectivity index (χ1) is 12.3. The van der Waals surface area contributed by atoms with Gasteiger partial charge in [0.25, 0.3) is 5.91 Å². The van der Waals surface area contributed by atoms with Crippen molar-refractivity contribution in [1.29, 1.82) is 0 Å². The summed E-state index contributed by atoms with van der Waals surface area (Å²) in [6.07, 6.45) is -0.911. The van der Waals surface area contributed by atoms with Gasteiger partial charge in [0.2, 0.25) is 0 Å². The maximum atomic E-state index is 12.8. The summed E-state index contributed by atoms with van der Waals surface area (Å²) in [5.41, 5.74) is 2.26. The van der Waals surface area contributed by atoms with E-state index in [1.807, 2.05) is 30.5 Å². The van der Waals surface area contributed by atoms with Crippen molar-refractivity contribution >= 4 is 28.9 Å². The minimum Gasteiger partial charge on any atom is -0.479 e. The van der Waals surface area contributed by atoms with Crippen molar-refractivity contribution < 1.29 is 19.1 Å². The highest BCUT2D eigenvalue weighted by atomic mass is 32.1. The molecule has 26 heavy (non-hydrogen) atoms. The van der Waals surface area contributed by atoms with Crippen molar-refractivity contribution in [2.24, 2.45) is 0 Å². The number of hydrogen-bond donors (Lipinski definition) is 0. The summed E-state index contributed by atoms with van der Waals surface area (Å²) < 4.78 is 11.0. The first kappa shape index (κ1) is 18.4. The van der Waals surface area contributed by atoms with Gasteiger partial charge < -0.3 is 9.47 Å². The predicted octanol–water partition coefficient (Wildman–Crippen LogP) is 3.57. The summed E-state index contributed by atoms with van der Waals surface area (Å²) in [4.78, 5) is 31.1. The summed E-state index contributed by atoms with van der Waals surface area (Å²) in [5.74, 6) is -0.141. The Labute approximate surface area is 156 Å². The second-order valence-electron chi connectivity index (χ2n) is 6.56. The van der Waals surface area contributed by atoms with Crippen molar-refractivity contribution in [1.82, 2.24) is 4.98 Å². The molecule has 0 saturated carbocycles. The Kier molecular flexibility index (Phi) is 5.00. The van der Waals surface area contributed by atoms with Crippen LogP contribution in [0.1, 0.15) is 32.7 Å². The van der Waals surface area contributed by atoms with Crippen LogP contribution in [0.5, 0.6) is 5.75 Å². The molecule has 0 fully saturated rings. The lowest BCUT2D eigenvalue weighted by Gasteiger charge is -2.36. The van der Waals surface area contributed by atoms with E-state index in [4.69, 9.17) is 9.47 Å². The molecule has 1 aromatic heterocycles. The predicted molar refractivity (Wildman–Crippen MR) is 101 cm³/mol. The Morgan fingerprint density at radius 1 is 1.35 bits per heavy atom. The number of rotatable bonds is 4. The van der Waals surface area contributed by atoms with E-state index in [2.05, 4.69) is 4.98 Å². The van der Waals surface area contributed by atoms with E-state index in [1.54, 1.807) is 39.0 Å². The number of nitrogens with zero attached hydrogens (tertiary/aromatic N) is 2. The lowest BCUT2D eigenvalue weighted by atomic mass is 10.1. The summed E-state index contributed by atoms with van der Waals surface area (Å²) in [6.45, 7) is 8.85. The average molecular weight is 374 g/mol. The van der Waals surface area contributed by atoms with E-state index in [-0.39, 0.29) is 12.0 Å². The van der Waals surface area contributed by atoms with E-state index in [0.29, 0.717) is 11.4 Å². The van der Waals surface area contributed by atoms with Crippen LogP contribution in [-0.4, -0.2) is 35.1 Å². The monoisotopic (exact) mass is 374 g/mol.